The average Bonchev–Trinajstić information content (AvgIpc) is 3.25. The molecule has 2 aliphatic heterocycles. The van der Waals surface area contributed by atoms with E-state index in [9.17, 15) is 23.4 Å². The van der Waals surface area contributed by atoms with Crippen LogP contribution in [0.4, 0.5) is 4.79 Å². The van der Waals surface area contributed by atoms with Crippen LogP contribution in [0.1, 0.15) is 92.9 Å². The van der Waals surface area contributed by atoms with Crippen molar-refractivity contribution in [3.63, 3.8) is 0 Å². The number of fused-ring (bicyclic) bond motifs is 2. The number of allylic oxidation sites excluding steroid dienone is 1. The van der Waals surface area contributed by atoms with Crippen molar-refractivity contribution in [3.8, 4) is 0 Å². The van der Waals surface area contributed by atoms with Crippen molar-refractivity contribution in [2.24, 2.45) is 5.92 Å². The first kappa shape index (κ1) is 30.1. The lowest BCUT2D eigenvalue weighted by Gasteiger charge is -2.30. The van der Waals surface area contributed by atoms with Crippen LogP contribution in [0.15, 0.2) is 12.2 Å². The number of nitrogens with one attached hydrogen (secondary N) is 3. The Bertz CT molecular complexity index is 985. The number of hydrogen-bond donors (Lipinski definition) is 3. The highest BCUT2D eigenvalue weighted by Gasteiger charge is 2.61. The second-order valence-electron chi connectivity index (χ2n) is 12.5. The quantitative estimate of drug-likeness (QED) is 0.461. The number of nitrogens with zero attached hydrogens (tertiary/aromatic N) is 1. The molecule has 1 saturated carbocycles. The fourth-order valence-corrected chi connectivity index (χ4v) is 5.53. The van der Waals surface area contributed by atoms with Crippen molar-refractivity contribution in [3.05, 3.63) is 12.2 Å². The molecule has 2 heterocycles. The average molecular weight is 553 g/mol. The lowest BCUT2D eigenvalue weighted by molar-refractivity contribution is -0.141. The summed E-state index contributed by atoms with van der Waals surface area (Å²) < 4.78 is 20.0. The number of alkyl carbamates (subject to hydrolysis) is 1. The first-order valence-corrected chi connectivity index (χ1v) is 14.8. The molecule has 214 valence electrons. The number of carbonyl (C=O) groups excluding carboxylic acids is 4. The van der Waals surface area contributed by atoms with Gasteiger partial charge in [-0.3, -0.25) is 19.1 Å². The van der Waals surface area contributed by atoms with Crippen LogP contribution in [0.25, 0.3) is 0 Å². The smallest absolute Gasteiger partial charge is 0.408 e. The van der Waals surface area contributed by atoms with Crippen LogP contribution < -0.4 is 15.4 Å². The summed E-state index contributed by atoms with van der Waals surface area (Å²) in [7, 11) is -1.63. The van der Waals surface area contributed by atoms with Gasteiger partial charge in [0, 0.05) is 12.5 Å². The molecule has 0 radical (unpaired) electrons. The lowest BCUT2D eigenvalue weighted by Crippen LogP contribution is -2.58. The molecule has 0 spiro atoms. The summed E-state index contributed by atoms with van der Waals surface area (Å²) in [6.45, 7) is 11.0. The minimum atomic E-state index is -1.63. The minimum absolute atomic E-state index is 0.208. The molecule has 3 aliphatic rings. The molecule has 3 rings (SSSR count). The summed E-state index contributed by atoms with van der Waals surface area (Å²) in [5.41, 5.74) is -1.90. The van der Waals surface area contributed by atoms with E-state index < -0.39 is 56.9 Å². The van der Waals surface area contributed by atoms with Crippen molar-refractivity contribution >= 4 is 34.8 Å². The van der Waals surface area contributed by atoms with Gasteiger partial charge >= 0.3 is 6.09 Å². The highest BCUT2D eigenvalue weighted by Crippen LogP contribution is 2.45. The van der Waals surface area contributed by atoms with E-state index in [0.717, 1.165) is 25.7 Å². The molecule has 0 unspecified atom stereocenters. The Morgan fingerprint density at radius 2 is 1.79 bits per heavy atom. The lowest BCUT2D eigenvalue weighted by atomic mass is 10.0. The van der Waals surface area contributed by atoms with Crippen LogP contribution in [0.5, 0.6) is 0 Å². The molecule has 5 atom stereocenters. The molecule has 0 aromatic rings. The SMILES string of the molecule is CC(C)(C)OC(=O)N[C@H]1CCCCC/C=C\[C@H]2C[C@@]2(C(=O)N[S@@](=O)C(C)(C)C)NC(=O)[C@@H]2CCCN2C1=O. The van der Waals surface area contributed by atoms with Gasteiger partial charge in [-0.05, 0) is 80.1 Å². The van der Waals surface area contributed by atoms with Crippen molar-refractivity contribution in [1.29, 1.82) is 0 Å². The first-order chi connectivity index (χ1) is 17.6. The topological polar surface area (TPSA) is 134 Å². The van der Waals surface area contributed by atoms with Crippen LogP contribution in [0.2, 0.25) is 0 Å². The summed E-state index contributed by atoms with van der Waals surface area (Å²) in [6, 6.07) is -1.56. The zero-order valence-electron chi connectivity index (χ0n) is 23.6. The van der Waals surface area contributed by atoms with Gasteiger partial charge < -0.3 is 20.3 Å². The van der Waals surface area contributed by atoms with E-state index in [2.05, 4.69) is 15.4 Å². The van der Waals surface area contributed by atoms with Crippen LogP contribution in [0.3, 0.4) is 0 Å². The van der Waals surface area contributed by atoms with Crippen LogP contribution in [0, 0.1) is 5.92 Å². The van der Waals surface area contributed by atoms with E-state index in [1.165, 1.54) is 4.90 Å². The third-order valence-corrected chi connectivity index (χ3v) is 8.55. The molecular weight excluding hydrogens is 508 g/mol. The van der Waals surface area contributed by atoms with Crippen molar-refractivity contribution in [2.45, 2.75) is 121 Å². The Morgan fingerprint density at radius 1 is 1.08 bits per heavy atom. The van der Waals surface area contributed by atoms with E-state index in [4.69, 9.17) is 4.74 Å². The molecule has 10 nitrogen and oxygen atoms in total. The largest absolute Gasteiger partial charge is 0.444 e. The standard InChI is InChI=1S/C27H44N4O6S/c1-25(2,3)37-24(35)28-19-14-11-9-7-8-10-13-18-17-27(18,23(34)30-38(36)26(4,5)6)29-21(32)20-15-12-16-31(20)22(19)33/h10,13,18-20H,7-9,11-12,14-17H2,1-6H3,(H,28,35)(H,29,32)(H,30,34)/b13-10-/t18-,19-,20-,27+,38-/m0/s1. The van der Waals surface area contributed by atoms with Gasteiger partial charge in [-0.25, -0.2) is 9.00 Å². The van der Waals surface area contributed by atoms with E-state index in [1.807, 2.05) is 12.2 Å². The molecule has 1 saturated heterocycles. The summed E-state index contributed by atoms with van der Waals surface area (Å²) in [4.78, 5) is 54.5. The third-order valence-electron chi connectivity index (χ3n) is 7.07. The zero-order valence-corrected chi connectivity index (χ0v) is 24.4. The Hall–Kier alpha value is -2.43. The summed E-state index contributed by atoms with van der Waals surface area (Å²) in [6.07, 6.45) is 8.56. The Balaban J connectivity index is 1.83. The van der Waals surface area contributed by atoms with Crippen molar-refractivity contribution in [2.75, 3.05) is 6.54 Å². The Labute approximate surface area is 228 Å². The molecular formula is C27H44N4O6S. The van der Waals surface area contributed by atoms with Gasteiger partial charge in [-0.15, -0.1) is 0 Å². The molecule has 3 N–H and O–H groups in total. The Morgan fingerprint density at radius 3 is 2.45 bits per heavy atom. The van der Waals surface area contributed by atoms with Crippen molar-refractivity contribution < 1.29 is 28.1 Å². The highest BCUT2D eigenvalue weighted by atomic mass is 32.2. The number of rotatable bonds is 3. The van der Waals surface area contributed by atoms with Gasteiger partial charge in [0.1, 0.15) is 34.2 Å². The predicted octanol–water partition coefficient (Wildman–Crippen LogP) is 2.84. The maximum Gasteiger partial charge on any atom is 0.408 e. The second-order valence-corrected chi connectivity index (χ2v) is 14.5. The monoisotopic (exact) mass is 552 g/mol. The maximum absolute atomic E-state index is 13.6. The molecule has 0 bridgehead atoms. The van der Waals surface area contributed by atoms with Crippen LogP contribution in [-0.2, 0) is 30.1 Å². The molecule has 11 heteroatoms. The maximum atomic E-state index is 13.6. The van der Waals surface area contributed by atoms with Crippen LogP contribution >= 0.6 is 0 Å². The van der Waals surface area contributed by atoms with Gasteiger partial charge in [0.25, 0.3) is 5.91 Å². The normalized spacial score (nSPS) is 30.5. The van der Waals surface area contributed by atoms with Gasteiger partial charge in [-0.1, -0.05) is 25.0 Å². The van der Waals surface area contributed by atoms with Crippen molar-refractivity contribution in [1.82, 2.24) is 20.3 Å². The molecule has 38 heavy (non-hydrogen) atoms. The summed E-state index contributed by atoms with van der Waals surface area (Å²) in [5.74, 6) is -1.41. The first-order valence-electron chi connectivity index (χ1n) is 13.7. The number of ether oxygens (including phenoxy) is 1. The number of hydrogen-bond acceptors (Lipinski definition) is 6. The third kappa shape index (κ3) is 7.57. The van der Waals surface area contributed by atoms with Gasteiger partial charge in [0.05, 0.1) is 4.75 Å². The van der Waals surface area contributed by atoms with E-state index in [0.29, 0.717) is 32.2 Å². The van der Waals surface area contributed by atoms with Gasteiger partial charge in [0.15, 0.2) is 0 Å². The fraction of sp³-hybridized carbons (Fsp3) is 0.778. The molecule has 0 aromatic carbocycles. The Kier molecular flexibility index (Phi) is 9.32. The van der Waals surface area contributed by atoms with E-state index in [1.54, 1.807) is 41.5 Å². The van der Waals surface area contributed by atoms with Gasteiger partial charge in [-0.2, -0.15) is 0 Å². The van der Waals surface area contributed by atoms with Crippen LogP contribution in [-0.4, -0.2) is 67.4 Å². The van der Waals surface area contributed by atoms with E-state index in [-0.39, 0.29) is 11.8 Å². The summed E-state index contributed by atoms with van der Waals surface area (Å²) in [5, 5.41) is 5.66. The minimum Gasteiger partial charge on any atom is -0.444 e. The molecule has 1 aliphatic carbocycles. The molecule has 4 amide bonds. The number of carbonyl (C=O) groups is 4. The second kappa shape index (κ2) is 11.8. The van der Waals surface area contributed by atoms with Gasteiger partial charge in [0.2, 0.25) is 11.8 Å². The highest BCUT2D eigenvalue weighted by molar-refractivity contribution is 7.85. The summed E-state index contributed by atoms with van der Waals surface area (Å²) >= 11 is 0. The molecule has 2 fully saturated rings. The fourth-order valence-electron chi connectivity index (χ4n) is 4.87. The van der Waals surface area contributed by atoms with E-state index >= 15 is 0 Å². The zero-order chi connectivity index (χ0) is 28.3. The molecule has 0 aromatic heterocycles. The predicted molar refractivity (Wildman–Crippen MR) is 145 cm³/mol. The number of amides is 4.